The third-order valence-corrected chi connectivity index (χ3v) is 4.59. The van der Waals surface area contributed by atoms with Crippen LogP contribution < -0.4 is 11.1 Å². The summed E-state index contributed by atoms with van der Waals surface area (Å²) in [5, 5.41) is 3.80. The van der Waals surface area contributed by atoms with Crippen molar-refractivity contribution in [3.05, 3.63) is 34.9 Å². The Morgan fingerprint density at radius 3 is 2.71 bits per heavy atom. The van der Waals surface area contributed by atoms with Gasteiger partial charge in [0.1, 0.15) is 0 Å². The molecule has 1 aromatic carbocycles. The second kappa shape index (κ2) is 7.28. The average Bonchev–Trinajstić information content (AvgIpc) is 2.45. The second-order valence-corrected chi connectivity index (χ2v) is 6.62. The van der Waals surface area contributed by atoms with Gasteiger partial charge < -0.3 is 11.1 Å². The van der Waals surface area contributed by atoms with Crippen LogP contribution in [0.2, 0.25) is 5.02 Å². The first-order valence-electron chi connectivity index (χ1n) is 7.86. The molecule has 3 N–H and O–H groups in total. The molecule has 2 rings (SSSR count). The minimum Gasteiger partial charge on any atom is -0.349 e. The molecule has 1 aliphatic carbocycles. The summed E-state index contributed by atoms with van der Waals surface area (Å²) in [6.07, 6.45) is 6.67. The Morgan fingerprint density at radius 1 is 1.38 bits per heavy atom. The first-order chi connectivity index (χ1) is 10.0. The number of rotatable bonds is 5. The largest absolute Gasteiger partial charge is 0.349 e. The normalized spacial score (nSPS) is 19.0. The summed E-state index contributed by atoms with van der Waals surface area (Å²) in [4.78, 5) is 12.3. The Balaban J connectivity index is 1.96. The zero-order valence-corrected chi connectivity index (χ0v) is 13.5. The van der Waals surface area contributed by atoms with Gasteiger partial charge in [-0.1, -0.05) is 49.9 Å². The number of nitrogens with two attached hydrogens (primary N) is 1. The van der Waals surface area contributed by atoms with E-state index in [0.29, 0.717) is 11.4 Å². The molecule has 0 aromatic heterocycles. The highest BCUT2D eigenvalue weighted by molar-refractivity contribution is 6.30. The van der Waals surface area contributed by atoms with Gasteiger partial charge in [-0.15, -0.1) is 0 Å². The molecule has 0 radical (unpaired) electrons. The van der Waals surface area contributed by atoms with Gasteiger partial charge in [0.05, 0.1) is 6.04 Å². The van der Waals surface area contributed by atoms with Crippen LogP contribution in [0.15, 0.2) is 24.3 Å². The number of benzene rings is 1. The molecule has 1 amide bonds. The molecule has 3 nitrogen and oxygen atoms in total. The fourth-order valence-corrected chi connectivity index (χ4v) is 3.34. The van der Waals surface area contributed by atoms with E-state index >= 15 is 0 Å². The van der Waals surface area contributed by atoms with Crippen LogP contribution >= 0.6 is 11.6 Å². The van der Waals surface area contributed by atoms with Gasteiger partial charge in [-0.25, -0.2) is 0 Å². The zero-order chi connectivity index (χ0) is 15.3. The molecule has 4 heteroatoms. The number of amides is 1. The quantitative estimate of drug-likeness (QED) is 0.865. The number of carbonyl (C=O) groups excluding carboxylic acids is 1. The molecule has 1 atom stereocenters. The van der Waals surface area contributed by atoms with Gasteiger partial charge in [0.2, 0.25) is 5.91 Å². The third kappa shape index (κ3) is 4.72. The van der Waals surface area contributed by atoms with E-state index in [-0.39, 0.29) is 17.5 Å². The predicted molar refractivity (Wildman–Crippen MR) is 87.2 cm³/mol. The van der Waals surface area contributed by atoms with Crippen molar-refractivity contribution >= 4 is 17.5 Å². The lowest BCUT2D eigenvalue weighted by atomic mass is 9.80. The van der Waals surface area contributed by atoms with Gasteiger partial charge in [0.25, 0.3) is 0 Å². The number of hydrogen-bond donors (Lipinski definition) is 2. The smallest absolute Gasteiger partial charge is 0.222 e. The van der Waals surface area contributed by atoms with E-state index in [1.165, 1.54) is 6.42 Å². The van der Waals surface area contributed by atoms with Crippen LogP contribution in [0.25, 0.3) is 0 Å². The van der Waals surface area contributed by atoms with Crippen LogP contribution in [0.5, 0.6) is 0 Å². The molecular formula is C17H25ClN2O. The highest BCUT2D eigenvalue weighted by Gasteiger charge is 2.30. The van der Waals surface area contributed by atoms with E-state index in [4.69, 9.17) is 17.3 Å². The molecule has 1 fully saturated rings. The maximum atomic E-state index is 12.3. The lowest BCUT2D eigenvalue weighted by Crippen LogP contribution is -2.46. The molecular weight excluding hydrogens is 284 g/mol. The summed E-state index contributed by atoms with van der Waals surface area (Å²) < 4.78 is 0. The molecule has 1 unspecified atom stereocenters. The second-order valence-electron chi connectivity index (χ2n) is 6.18. The molecule has 0 bridgehead atoms. The molecule has 0 spiro atoms. The maximum Gasteiger partial charge on any atom is 0.222 e. The summed E-state index contributed by atoms with van der Waals surface area (Å²) in [6, 6.07) is 7.67. The fourth-order valence-electron chi connectivity index (χ4n) is 3.14. The van der Waals surface area contributed by atoms with Crippen LogP contribution in [0.4, 0.5) is 0 Å². The van der Waals surface area contributed by atoms with Crippen molar-refractivity contribution in [2.24, 2.45) is 5.73 Å². The molecule has 0 aliphatic heterocycles. The van der Waals surface area contributed by atoms with Crippen LogP contribution in [-0.4, -0.2) is 11.4 Å². The molecule has 1 aromatic rings. The van der Waals surface area contributed by atoms with Crippen molar-refractivity contribution in [2.75, 3.05) is 0 Å². The average molecular weight is 309 g/mol. The summed E-state index contributed by atoms with van der Waals surface area (Å²) in [7, 11) is 0. The fraction of sp³-hybridized carbons (Fsp3) is 0.588. The number of hydrogen-bond acceptors (Lipinski definition) is 2. The minimum absolute atomic E-state index is 0.00314. The standard InChI is InChI=1S/C17H25ClN2O/c1-2-15(13-7-6-8-14(18)11-13)20-16(21)12-17(19)9-4-3-5-10-17/h6-8,11,15H,2-5,9-10,12,19H2,1H3,(H,20,21). The van der Waals surface area contributed by atoms with Crippen LogP contribution in [0.1, 0.15) is 63.5 Å². The predicted octanol–water partition coefficient (Wildman–Crippen LogP) is 3.96. The van der Waals surface area contributed by atoms with Gasteiger partial charge >= 0.3 is 0 Å². The van der Waals surface area contributed by atoms with Crippen molar-refractivity contribution in [2.45, 2.75) is 63.5 Å². The number of nitrogens with one attached hydrogen (secondary N) is 1. The van der Waals surface area contributed by atoms with Crippen LogP contribution in [0, 0.1) is 0 Å². The molecule has 116 valence electrons. The number of carbonyl (C=O) groups is 1. The van der Waals surface area contributed by atoms with Gasteiger partial charge in [-0.3, -0.25) is 4.79 Å². The van der Waals surface area contributed by atoms with Gasteiger partial charge in [0.15, 0.2) is 0 Å². The molecule has 21 heavy (non-hydrogen) atoms. The van der Waals surface area contributed by atoms with E-state index in [0.717, 1.165) is 37.7 Å². The Hall–Kier alpha value is -1.06. The monoisotopic (exact) mass is 308 g/mol. The summed E-state index contributed by atoms with van der Waals surface area (Å²) in [6.45, 7) is 2.06. The first kappa shape index (κ1) is 16.3. The zero-order valence-electron chi connectivity index (χ0n) is 12.7. The van der Waals surface area contributed by atoms with E-state index in [9.17, 15) is 4.79 Å². The minimum atomic E-state index is -0.311. The Bertz CT molecular complexity index is 483. The molecule has 0 heterocycles. The van der Waals surface area contributed by atoms with E-state index < -0.39 is 0 Å². The summed E-state index contributed by atoms with van der Waals surface area (Å²) in [5.41, 5.74) is 7.10. The van der Waals surface area contributed by atoms with Crippen molar-refractivity contribution in [3.63, 3.8) is 0 Å². The van der Waals surface area contributed by atoms with Gasteiger partial charge in [-0.2, -0.15) is 0 Å². The highest BCUT2D eigenvalue weighted by atomic mass is 35.5. The van der Waals surface area contributed by atoms with Gasteiger partial charge in [-0.05, 0) is 37.0 Å². The van der Waals surface area contributed by atoms with Gasteiger partial charge in [0, 0.05) is 17.0 Å². The summed E-state index contributed by atoms with van der Waals surface area (Å²) in [5.74, 6) is 0.0474. The Morgan fingerprint density at radius 2 is 2.10 bits per heavy atom. The van der Waals surface area contributed by atoms with Crippen molar-refractivity contribution in [3.8, 4) is 0 Å². The molecule has 1 aliphatic rings. The SMILES string of the molecule is CCC(NC(=O)CC1(N)CCCCC1)c1cccc(Cl)c1. The summed E-state index contributed by atoms with van der Waals surface area (Å²) >= 11 is 6.03. The highest BCUT2D eigenvalue weighted by Crippen LogP contribution is 2.29. The Kier molecular flexibility index (Phi) is 5.65. The first-order valence-corrected chi connectivity index (χ1v) is 8.24. The van der Waals surface area contributed by atoms with E-state index in [1.807, 2.05) is 24.3 Å². The third-order valence-electron chi connectivity index (χ3n) is 4.36. The Labute approximate surface area is 132 Å². The lowest BCUT2D eigenvalue weighted by molar-refractivity contribution is -0.123. The number of halogens is 1. The van der Waals surface area contributed by atoms with E-state index in [2.05, 4.69) is 12.2 Å². The molecule has 1 saturated carbocycles. The van der Waals surface area contributed by atoms with E-state index in [1.54, 1.807) is 0 Å². The maximum absolute atomic E-state index is 12.3. The lowest BCUT2D eigenvalue weighted by Gasteiger charge is -2.33. The van der Waals surface area contributed by atoms with Crippen LogP contribution in [-0.2, 0) is 4.79 Å². The van der Waals surface area contributed by atoms with Crippen molar-refractivity contribution in [1.82, 2.24) is 5.32 Å². The topological polar surface area (TPSA) is 55.1 Å². The molecule has 0 saturated heterocycles. The van der Waals surface area contributed by atoms with Crippen molar-refractivity contribution < 1.29 is 4.79 Å². The van der Waals surface area contributed by atoms with Crippen molar-refractivity contribution in [1.29, 1.82) is 0 Å². The van der Waals surface area contributed by atoms with Crippen LogP contribution in [0.3, 0.4) is 0 Å².